The minimum Gasteiger partial charge on any atom is -0.478 e. The molecule has 6 heteroatoms. The SMILES string of the molecule is Cc1ncc(-c2cccc(C(=O)Nc3ccc(COCC4CC4)cc3)c2)cc1C(=O)O. The van der Waals surface area contributed by atoms with Gasteiger partial charge in [-0.3, -0.25) is 9.78 Å². The van der Waals surface area contributed by atoms with Gasteiger partial charge >= 0.3 is 5.97 Å². The topological polar surface area (TPSA) is 88.5 Å². The minimum absolute atomic E-state index is 0.147. The van der Waals surface area contributed by atoms with Gasteiger partial charge in [0.2, 0.25) is 0 Å². The molecule has 0 atom stereocenters. The van der Waals surface area contributed by atoms with E-state index in [4.69, 9.17) is 4.74 Å². The maximum Gasteiger partial charge on any atom is 0.337 e. The second-order valence-electron chi connectivity index (χ2n) is 7.85. The molecule has 0 unspecified atom stereocenters. The fourth-order valence-electron chi connectivity index (χ4n) is 3.26. The maximum atomic E-state index is 12.7. The van der Waals surface area contributed by atoms with Gasteiger partial charge < -0.3 is 15.2 Å². The number of rotatable bonds is 8. The number of amides is 1. The van der Waals surface area contributed by atoms with Crippen molar-refractivity contribution in [2.75, 3.05) is 11.9 Å². The molecule has 2 aromatic carbocycles. The molecule has 1 fully saturated rings. The molecule has 0 bridgehead atoms. The van der Waals surface area contributed by atoms with E-state index in [1.807, 2.05) is 30.3 Å². The van der Waals surface area contributed by atoms with Gasteiger partial charge in [0.1, 0.15) is 0 Å². The molecular formula is C25H24N2O4. The van der Waals surface area contributed by atoms with Crippen LogP contribution in [0.25, 0.3) is 11.1 Å². The summed E-state index contributed by atoms with van der Waals surface area (Å²) in [5.74, 6) is -0.527. The summed E-state index contributed by atoms with van der Waals surface area (Å²) in [6.45, 7) is 3.05. The van der Waals surface area contributed by atoms with Crippen LogP contribution in [0, 0.1) is 12.8 Å². The predicted molar refractivity (Wildman–Crippen MR) is 118 cm³/mol. The molecule has 0 saturated heterocycles. The van der Waals surface area contributed by atoms with Gasteiger partial charge in [0.25, 0.3) is 5.91 Å². The summed E-state index contributed by atoms with van der Waals surface area (Å²) < 4.78 is 5.69. The van der Waals surface area contributed by atoms with Crippen LogP contribution in [0.2, 0.25) is 0 Å². The van der Waals surface area contributed by atoms with Crippen LogP contribution in [0.15, 0.2) is 60.8 Å². The van der Waals surface area contributed by atoms with Crippen molar-refractivity contribution in [1.29, 1.82) is 0 Å². The summed E-state index contributed by atoms with van der Waals surface area (Å²) in [5, 5.41) is 12.2. The summed E-state index contributed by atoms with van der Waals surface area (Å²) in [5.41, 5.74) is 4.22. The molecule has 0 spiro atoms. The van der Waals surface area contributed by atoms with E-state index in [0.717, 1.165) is 23.7 Å². The van der Waals surface area contributed by atoms with E-state index in [1.165, 1.54) is 12.8 Å². The Labute approximate surface area is 180 Å². The number of aromatic nitrogens is 1. The summed E-state index contributed by atoms with van der Waals surface area (Å²) >= 11 is 0. The lowest BCUT2D eigenvalue weighted by atomic mass is 10.0. The average molecular weight is 416 g/mol. The van der Waals surface area contributed by atoms with Crippen molar-refractivity contribution in [2.45, 2.75) is 26.4 Å². The van der Waals surface area contributed by atoms with E-state index in [2.05, 4.69) is 10.3 Å². The summed E-state index contributed by atoms with van der Waals surface area (Å²) in [4.78, 5) is 28.3. The number of nitrogens with one attached hydrogen (secondary N) is 1. The highest BCUT2D eigenvalue weighted by Crippen LogP contribution is 2.29. The van der Waals surface area contributed by atoms with Gasteiger partial charge in [-0.15, -0.1) is 0 Å². The number of benzene rings is 2. The predicted octanol–water partition coefficient (Wildman–Crippen LogP) is 4.93. The van der Waals surface area contributed by atoms with Crippen LogP contribution >= 0.6 is 0 Å². The number of nitrogens with zero attached hydrogens (tertiary/aromatic N) is 1. The lowest BCUT2D eigenvalue weighted by Gasteiger charge is -2.09. The first kappa shape index (κ1) is 20.8. The zero-order valence-corrected chi connectivity index (χ0v) is 17.3. The molecule has 1 aliphatic rings. The Kier molecular flexibility index (Phi) is 6.09. The number of pyridine rings is 1. The zero-order valence-electron chi connectivity index (χ0n) is 17.3. The summed E-state index contributed by atoms with van der Waals surface area (Å²) in [7, 11) is 0. The Morgan fingerprint density at radius 1 is 1.10 bits per heavy atom. The molecule has 0 radical (unpaired) electrons. The van der Waals surface area contributed by atoms with Crippen LogP contribution in [0.4, 0.5) is 5.69 Å². The van der Waals surface area contributed by atoms with E-state index in [9.17, 15) is 14.7 Å². The highest BCUT2D eigenvalue weighted by atomic mass is 16.5. The van der Waals surface area contributed by atoms with Gasteiger partial charge in [0.05, 0.1) is 17.9 Å². The third kappa shape index (κ3) is 5.35. The quantitative estimate of drug-likeness (QED) is 0.543. The molecular weight excluding hydrogens is 392 g/mol. The molecule has 3 aromatic rings. The van der Waals surface area contributed by atoms with Gasteiger partial charge in [-0.2, -0.15) is 0 Å². The molecule has 1 heterocycles. The van der Waals surface area contributed by atoms with E-state index in [-0.39, 0.29) is 11.5 Å². The average Bonchev–Trinajstić information content (AvgIpc) is 3.59. The highest BCUT2D eigenvalue weighted by Gasteiger charge is 2.21. The molecule has 0 aliphatic heterocycles. The van der Waals surface area contributed by atoms with Crippen molar-refractivity contribution in [3.8, 4) is 11.1 Å². The number of aromatic carboxylic acids is 1. The fraction of sp³-hybridized carbons (Fsp3) is 0.240. The normalized spacial score (nSPS) is 13.1. The first-order valence-electron chi connectivity index (χ1n) is 10.3. The Balaban J connectivity index is 1.43. The van der Waals surface area contributed by atoms with Crippen molar-refractivity contribution >= 4 is 17.6 Å². The second-order valence-corrected chi connectivity index (χ2v) is 7.85. The standard InChI is InChI=1S/C25H24N2O4/c1-16-23(25(29)30)12-21(13-26-16)19-3-2-4-20(11-19)24(28)27-22-9-7-18(8-10-22)15-31-14-17-5-6-17/h2-4,7-13,17H,5-6,14-15H2,1H3,(H,27,28)(H,29,30). The van der Waals surface area contributed by atoms with Crippen LogP contribution in [0.5, 0.6) is 0 Å². The van der Waals surface area contributed by atoms with Gasteiger partial charge in [-0.1, -0.05) is 24.3 Å². The van der Waals surface area contributed by atoms with E-state index >= 15 is 0 Å². The van der Waals surface area contributed by atoms with Crippen LogP contribution < -0.4 is 5.32 Å². The van der Waals surface area contributed by atoms with Crippen molar-refractivity contribution in [3.05, 3.63) is 83.2 Å². The zero-order chi connectivity index (χ0) is 21.8. The Morgan fingerprint density at radius 3 is 2.58 bits per heavy atom. The number of anilines is 1. The third-order valence-corrected chi connectivity index (χ3v) is 5.31. The van der Waals surface area contributed by atoms with E-state index in [1.54, 1.807) is 37.4 Å². The molecule has 1 amide bonds. The number of carboxylic acids is 1. The smallest absolute Gasteiger partial charge is 0.337 e. The number of carbonyl (C=O) groups is 2. The van der Waals surface area contributed by atoms with Gasteiger partial charge in [0, 0.05) is 29.6 Å². The lowest BCUT2D eigenvalue weighted by Crippen LogP contribution is -2.12. The van der Waals surface area contributed by atoms with E-state index < -0.39 is 5.97 Å². The maximum absolute atomic E-state index is 12.7. The molecule has 1 saturated carbocycles. The second kappa shape index (κ2) is 9.10. The molecule has 2 N–H and O–H groups in total. The van der Waals surface area contributed by atoms with Gasteiger partial charge in [-0.05, 0) is 67.1 Å². The number of ether oxygens (including phenoxy) is 1. The fourth-order valence-corrected chi connectivity index (χ4v) is 3.26. The van der Waals surface area contributed by atoms with Crippen LogP contribution in [-0.2, 0) is 11.3 Å². The number of hydrogen-bond donors (Lipinski definition) is 2. The largest absolute Gasteiger partial charge is 0.478 e. The van der Waals surface area contributed by atoms with Crippen molar-refractivity contribution < 1.29 is 19.4 Å². The summed E-state index contributed by atoms with van der Waals surface area (Å²) in [6, 6.07) is 16.2. The van der Waals surface area contributed by atoms with Gasteiger partial charge in [0.15, 0.2) is 0 Å². The molecule has 31 heavy (non-hydrogen) atoms. The molecule has 158 valence electrons. The van der Waals surface area contributed by atoms with Crippen molar-refractivity contribution in [1.82, 2.24) is 4.98 Å². The number of aryl methyl sites for hydroxylation is 1. The minimum atomic E-state index is -1.03. The summed E-state index contributed by atoms with van der Waals surface area (Å²) in [6.07, 6.45) is 4.16. The third-order valence-electron chi connectivity index (χ3n) is 5.31. The number of carboxylic acid groups (broad SMARTS) is 1. The number of carbonyl (C=O) groups excluding carboxylic acids is 1. The molecule has 1 aromatic heterocycles. The monoisotopic (exact) mass is 416 g/mol. The van der Waals surface area contributed by atoms with Gasteiger partial charge in [-0.25, -0.2) is 4.79 Å². The Morgan fingerprint density at radius 2 is 1.87 bits per heavy atom. The van der Waals surface area contributed by atoms with Crippen LogP contribution in [0.3, 0.4) is 0 Å². The molecule has 6 nitrogen and oxygen atoms in total. The van der Waals surface area contributed by atoms with Crippen LogP contribution in [0.1, 0.15) is 44.8 Å². The molecule has 1 aliphatic carbocycles. The highest BCUT2D eigenvalue weighted by molar-refractivity contribution is 6.05. The first-order chi connectivity index (χ1) is 15.0. The van der Waals surface area contributed by atoms with Crippen molar-refractivity contribution in [2.24, 2.45) is 5.92 Å². The Bertz CT molecular complexity index is 1100. The first-order valence-corrected chi connectivity index (χ1v) is 10.3. The van der Waals surface area contributed by atoms with E-state index in [0.29, 0.717) is 29.1 Å². The number of hydrogen-bond acceptors (Lipinski definition) is 4. The van der Waals surface area contributed by atoms with Crippen LogP contribution in [-0.4, -0.2) is 28.6 Å². The molecule has 4 rings (SSSR count). The Hall–Kier alpha value is -3.51. The lowest BCUT2D eigenvalue weighted by molar-refractivity contribution is 0.0695. The van der Waals surface area contributed by atoms with Crippen molar-refractivity contribution in [3.63, 3.8) is 0 Å².